The van der Waals surface area contributed by atoms with Crippen LogP contribution in [0.5, 0.6) is 0 Å². The van der Waals surface area contributed by atoms with E-state index in [-0.39, 0.29) is 36.9 Å². The van der Waals surface area contributed by atoms with Crippen LogP contribution in [0, 0.1) is 34.5 Å². The number of Topliss-reactive ketones (excluding diaryl/α,β-unsaturated/α-hetero) is 1. The summed E-state index contributed by atoms with van der Waals surface area (Å²) in [6.07, 6.45) is -1.17. The molecule has 232 valence electrons. The number of carbonyl (C=O) groups excluding carboxylic acids is 3. The third-order valence-corrected chi connectivity index (χ3v) is 11.9. The largest absolute Gasteiger partial charge is 0.456 e. The lowest BCUT2D eigenvalue weighted by Crippen LogP contribution is -2.78. The molecule has 1 N–H and O–H groups in total. The Labute approximate surface area is 245 Å². The number of ketones is 1. The highest BCUT2D eigenvalue weighted by Crippen LogP contribution is 2.67. The number of methoxy groups -OCH3 is 1. The predicted molar refractivity (Wildman–Crippen MR) is 153 cm³/mol. The summed E-state index contributed by atoms with van der Waals surface area (Å²) in [6, 6.07) is -0.239. The van der Waals surface area contributed by atoms with E-state index >= 15 is 0 Å². The Bertz CT molecular complexity index is 1130. The monoisotopic (exact) mass is 577 g/mol. The Balaban J connectivity index is 1.89. The van der Waals surface area contributed by atoms with Crippen molar-refractivity contribution in [3.63, 3.8) is 0 Å². The van der Waals surface area contributed by atoms with Crippen LogP contribution < -0.4 is 0 Å². The van der Waals surface area contributed by atoms with Crippen molar-refractivity contribution in [3.05, 3.63) is 11.1 Å². The summed E-state index contributed by atoms with van der Waals surface area (Å²) >= 11 is 0. The van der Waals surface area contributed by atoms with Gasteiger partial charge in [0.1, 0.15) is 18.0 Å². The molecule has 2 saturated carbocycles. The summed E-state index contributed by atoms with van der Waals surface area (Å²) in [5, 5.41) is 13.0. The highest BCUT2D eigenvalue weighted by Gasteiger charge is 2.74. The number of rotatable bonds is 6. The van der Waals surface area contributed by atoms with E-state index in [1.807, 2.05) is 67.5 Å². The van der Waals surface area contributed by atoms with Gasteiger partial charge >= 0.3 is 11.9 Å². The van der Waals surface area contributed by atoms with Gasteiger partial charge in [0.05, 0.1) is 12.2 Å². The molecule has 0 aromatic rings. The number of ether oxygens (including phenoxy) is 4. The Morgan fingerprint density at radius 1 is 1.15 bits per heavy atom. The van der Waals surface area contributed by atoms with Gasteiger partial charge in [0, 0.05) is 49.2 Å². The maximum Gasteiger partial charge on any atom is 0.337 e. The normalized spacial score (nSPS) is 43.1. The van der Waals surface area contributed by atoms with Gasteiger partial charge in [0.25, 0.3) is 0 Å². The first kappa shape index (κ1) is 32.1. The first-order valence-electron chi connectivity index (χ1n) is 15.0. The number of aliphatic hydroxyl groups is 1. The van der Waals surface area contributed by atoms with Crippen molar-refractivity contribution >= 4 is 17.7 Å². The Kier molecular flexibility index (Phi) is 8.16. The van der Waals surface area contributed by atoms with Gasteiger partial charge < -0.3 is 29.0 Å². The molecular weight excluding hydrogens is 526 g/mol. The number of nitrogens with zero attached hydrogens (tertiary/aromatic N) is 1. The lowest BCUT2D eigenvalue weighted by Gasteiger charge is -2.68. The number of likely N-dealkylation sites (N-methyl/N-ethyl adjacent to an activating group) is 1. The summed E-state index contributed by atoms with van der Waals surface area (Å²) in [5.41, 5.74) is -2.50. The van der Waals surface area contributed by atoms with Gasteiger partial charge in [-0.3, -0.25) is 9.59 Å². The molecule has 7 unspecified atom stereocenters. The standard InChI is InChI=1S/C32H51NO8/c1-16-13-23-31(15-39-23,41-21(6)34)26-19(4)32(37)14-22(40-28(36)25(38-12)20(5)33(10)11)17(2)24(29(32,7)8)18(3)27(35)30(16,26)9/h16,18-20,22-23,25-26,37H,13-15H2,1-12H3/t16-,18+,19?,20?,22?,23?,25?,26?,30+,31-,32?/m0/s1. The van der Waals surface area contributed by atoms with Crippen molar-refractivity contribution in [3.8, 4) is 0 Å². The van der Waals surface area contributed by atoms with Crippen molar-refractivity contribution in [1.82, 2.24) is 4.90 Å². The SMILES string of the molecule is COC(C(=O)OC1CC2(O)C(C)C3[C@]4(OC(C)=O)COC4C[C@H](C)[C@@]3(C)C(=O)[C@H](C)C(=C1C)C2(C)C)C(C)N(C)C. The number of fused-ring (bicyclic) bond motifs is 5. The molecule has 1 saturated heterocycles. The molecule has 0 aromatic carbocycles. The minimum atomic E-state index is -1.40. The summed E-state index contributed by atoms with van der Waals surface area (Å²) in [7, 11) is 5.22. The molecule has 1 aliphatic heterocycles. The molecule has 4 aliphatic rings. The van der Waals surface area contributed by atoms with Crippen molar-refractivity contribution in [1.29, 1.82) is 0 Å². The highest BCUT2D eigenvalue weighted by atomic mass is 16.6. The molecule has 0 spiro atoms. The quantitative estimate of drug-likeness (QED) is 0.374. The lowest BCUT2D eigenvalue weighted by molar-refractivity contribution is -0.332. The zero-order chi connectivity index (χ0) is 31.0. The van der Waals surface area contributed by atoms with Gasteiger partial charge in [-0.15, -0.1) is 0 Å². The van der Waals surface area contributed by atoms with Crippen LogP contribution in [0.25, 0.3) is 0 Å². The second-order valence-corrected chi connectivity index (χ2v) is 14.3. The van der Waals surface area contributed by atoms with E-state index in [1.165, 1.54) is 14.0 Å². The Hall–Kier alpha value is -1.81. The number of esters is 2. The molecule has 0 radical (unpaired) electrons. The highest BCUT2D eigenvalue weighted by molar-refractivity contribution is 5.91. The van der Waals surface area contributed by atoms with Crippen LogP contribution in [0.2, 0.25) is 0 Å². The Morgan fingerprint density at radius 2 is 1.76 bits per heavy atom. The van der Waals surface area contributed by atoms with E-state index < -0.39 is 63.9 Å². The van der Waals surface area contributed by atoms with Crippen molar-refractivity contribution in [2.45, 2.75) is 111 Å². The molecule has 4 rings (SSSR count). The van der Waals surface area contributed by atoms with Crippen LogP contribution in [-0.4, -0.2) is 91.1 Å². The summed E-state index contributed by atoms with van der Waals surface area (Å²) in [6.45, 7) is 17.3. The number of hydrogen-bond acceptors (Lipinski definition) is 9. The number of carbonyl (C=O) groups is 3. The second kappa shape index (κ2) is 10.4. The average Bonchev–Trinajstić information content (AvgIpc) is 2.87. The molecule has 9 nitrogen and oxygen atoms in total. The zero-order valence-electron chi connectivity index (χ0n) is 27.0. The maximum absolute atomic E-state index is 14.8. The topological polar surface area (TPSA) is 112 Å². The number of hydrogen-bond donors (Lipinski definition) is 1. The summed E-state index contributed by atoms with van der Waals surface area (Å²) in [5.74, 6) is -2.49. The van der Waals surface area contributed by atoms with Crippen LogP contribution in [-0.2, 0) is 33.3 Å². The molecular formula is C32H51NO8. The fourth-order valence-corrected chi connectivity index (χ4v) is 9.27. The molecule has 0 aromatic heterocycles. The maximum atomic E-state index is 14.8. The molecule has 11 atom stereocenters. The van der Waals surface area contributed by atoms with E-state index in [9.17, 15) is 19.5 Å². The van der Waals surface area contributed by atoms with E-state index in [4.69, 9.17) is 18.9 Å². The van der Waals surface area contributed by atoms with Crippen molar-refractivity contribution in [2.24, 2.45) is 34.5 Å². The second-order valence-electron chi connectivity index (χ2n) is 14.3. The molecule has 41 heavy (non-hydrogen) atoms. The fraction of sp³-hybridized carbons (Fsp3) is 0.844. The molecule has 0 amide bonds. The molecule has 2 bridgehead atoms. The van der Waals surface area contributed by atoms with E-state index in [0.29, 0.717) is 6.42 Å². The van der Waals surface area contributed by atoms with Crippen molar-refractivity contribution in [2.75, 3.05) is 27.8 Å². The van der Waals surface area contributed by atoms with Crippen LogP contribution in [0.1, 0.15) is 75.2 Å². The summed E-state index contributed by atoms with van der Waals surface area (Å²) < 4.78 is 23.8. The van der Waals surface area contributed by atoms with Crippen LogP contribution in [0.4, 0.5) is 0 Å². The smallest absolute Gasteiger partial charge is 0.337 e. The molecule has 3 fully saturated rings. The van der Waals surface area contributed by atoms with Gasteiger partial charge in [-0.25, -0.2) is 4.79 Å². The minimum absolute atomic E-state index is 0.0612. The molecule has 9 heteroatoms. The van der Waals surface area contributed by atoms with Gasteiger partial charge in [0.2, 0.25) is 0 Å². The van der Waals surface area contributed by atoms with Crippen molar-refractivity contribution < 1.29 is 38.4 Å². The van der Waals surface area contributed by atoms with Gasteiger partial charge in [0.15, 0.2) is 11.7 Å². The van der Waals surface area contributed by atoms with Crippen LogP contribution in [0.15, 0.2) is 11.1 Å². The zero-order valence-corrected chi connectivity index (χ0v) is 27.0. The van der Waals surface area contributed by atoms with Gasteiger partial charge in [-0.2, -0.15) is 0 Å². The average molecular weight is 578 g/mol. The first-order chi connectivity index (χ1) is 18.8. The van der Waals surface area contributed by atoms with E-state index in [1.54, 1.807) is 0 Å². The molecule has 3 aliphatic carbocycles. The predicted octanol–water partition coefficient (Wildman–Crippen LogP) is 3.56. The van der Waals surface area contributed by atoms with E-state index in [2.05, 4.69) is 6.92 Å². The van der Waals surface area contributed by atoms with E-state index in [0.717, 1.165) is 11.1 Å². The fourth-order valence-electron chi connectivity index (χ4n) is 9.27. The van der Waals surface area contributed by atoms with Crippen LogP contribution in [0.3, 0.4) is 0 Å². The lowest BCUT2D eigenvalue weighted by atomic mass is 9.40. The third-order valence-electron chi connectivity index (χ3n) is 11.9. The first-order valence-corrected chi connectivity index (χ1v) is 15.0. The third kappa shape index (κ3) is 4.35. The van der Waals surface area contributed by atoms with Crippen LogP contribution >= 0.6 is 0 Å². The molecule has 1 heterocycles. The Morgan fingerprint density at radius 3 is 2.24 bits per heavy atom. The van der Waals surface area contributed by atoms with Gasteiger partial charge in [-0.1, -0.05) is 41.5 Å². The minimum Gasteiger partial charge on any atom is -0.456 e. The summed E-state index contributed by atoms with van der Waals surface area (Å²) in [4.78, 5) is 42.6. The van der Waals surface area contributed by atoms with Gasteiger partial charge in [-0.05, 0) is 57.3 Å².